The highest BCUT2D eigenvalue weighted by Gasteiger charge is 2.34. The fraction of sp³-hybridized carbons (Fsp3) is 0.333. The van der Waals surface area contributed by atoms with Crippen LogP contribution in [0.2, 0.25) is 0 Å². The normalized spacial score (nSPS) is 15.6. The molecule has 1 fully saturated rings. The predicted molar refractivity (Wildman–Crippen MR) is 125 cm³/mol. The maximum atomic E-state index is 13.8. The Bertz CT molecular complexity index is 1310. The van der Waals surface area contributed by atoms with Crippen LogP contribution < -0.4 is 4.74 Å². The van der Waals surface area contributed by atoms with Gasteiger partial charge in [-0.25, -0.2) is 9.97 Å². The van der Waals surface area contributed by atoms with Crippen molar-refractivity contribution in [3.05, 3.63) is 65.4 Å². The number of benzene rings is 1. The molecule has 1 amide bonds. The zero-order valence-corrected chi connectivity index (χ0v) is 19.4. The van der Waals surface area contributed by atoms with Gasteiger partial charge in [0.2, 0.25) is 5.88 Å². The predicted octanol–water partition coefficient (Wildman–Crippen LogP) is 3.44. The quantitative estimate of drug-likeness (QED) is 0.471. The number of aromatic nitrogens is 7. The summed E-state index contributed by atoms with van der Waals surface area (Å²) in [7, 11) is 0. The molecule has 0 unspecified atom stereocenters. The van der Waals surface area contributed by atoms with E-state index in [-0.39, 0.29) is 11.9 Å². The average molecular weight is 459 g/mol. The summed E-state index contributed by atoms with van der Waals surface area (Å²) in [6.07, 6.45) is 6.56. The van der Waals surface area contributed by atoms with Crippen LogP contribution in [-0.2, 0) is 0 Å². The molecule has 10 nitrogen and oxygen atoms in total. The van der Waals surface area contributed by atoms with Gasteiger partial charge in [-0.15, -0.1) is 0 Å². The fourth-order valence-corrected chi connectivity index (χ4v) is 4.28. The number of nitrogens with one attached hydrogen (secondary N) is 1. The molecular formula is C24H26N8O2. The van der Waals surface area contributed by atoms with Crippen molar-refractivity contribution in [3.8, 4) is 23.0 Å². The van der Waals surface area contributed by atoms with Gasteiger partial charge in [0.05, 0.1) is 41.9 Å². The molecule has 1 aromatic carbocycles. The van der Waals surface area contributed by atoms with E-state index < -0.39 is 0 Å². The van der Waals surface area contributed by atoms with E-state index in [1.54, 1.807) is 18.6 Å². The molecule has 3 aromatic heterocycles. The third-order valence-electron chi connectivity index (χ3n) is 6.10. The number of aryl methyl sites for hydroxylation is 2. The van der Waals surface area contributed by atoms with Crippen LogP contribution in [0.3, 0.4) is 0 Å². The maximum Gasteiger partial charge on any atom is 0.256 e. The zero-order chi connectivity index (χ0) is 23.7. The summed E-state index contributed by atoms with van der Waals surface area (Å²) in [5, 5.41) is 16.0. The van der Waals surface area contributed by atoms with E-state index in [0.717, 1.165) is 24.0 Å². The summed E-state index contributed by atoms with van der Waals surface area (Å²) in [4.78, 5) is 26.2. The zero-order valence-electron chi connectivity index (χ0n) is 19.4. The molecular weight excluding hydrogens is 432 g/mol. The second-order valence-corrected chi connectivity index (χ2v) is 8.26. The van der Waals surface area contributed by atoms with Crippen molar-refractivity contribution in [2.24, 2.45) is 0 Å². The number of aromatic amines is 1. The minimum Gasteiger partial charge on any atom is -0.477 e. The highest BCUT2D eigenvalue weighted by Crippen LogP contribution is 2.34. The monoisotopic (exact) mass is 458 g/mol. The number of amides is 1. The van der Waals surface area contributed by atoms with Gasteiger partial charge in [0.25, 0.3) is 5.91 Å². The molecule has 4 aromatic rings. The second kappa shape index (κ2) is 9.05. The lowest BCUT2D eigenvalue weighted by molar-refractivity contribution is 0.0729. The number of hydrogen-bond acceptors (Lipinski definition) is 7. The average Bonchev–Trinajstić information content (AvgIpc) is 3.61. The molecule has 5 rings (SSSR count). The lowest BCUT2D eigenvalue weighted by Gasteiger charge is -2.24. The first-order valence-corrected chi connectivity index (χ1v) is 11.4. The number of likely N-dealkylation sites (tertiary alicyclic amines) is 1. The van der Waals surface area contributed by atoms with Crippen LogP contribution in [0.15, 0.2) is 42.9 Å². The third-order valence-corrected chi connectivity index (χ3v) is 6.10. The van der Waals surface area contributed by atoms with Crippen LogP contribution >= 0.6 is 0 Å². The highest BCUT2D eigenvalue weighted by atomic mass is 16.5. The lowest BCUT2D eigenvalue weighted by Crippen LogP contribution is -2.32. The molecule has 1 aliphatic rings. The van der Waals surface area contributed by atoms with Crippen LogP contribution in [0, 0.1) is 13.8 Å². The number of carbonyl (C=O) groups is 1. The second-order valence-electron chi connectivity index (χ2n) is 8.26. The number of ether oxygens (including phenoxy) is 1. The molecule has 4 heterocycles. The molecule has 1 aliphatic heterocycles. The Morgan fingerprint density at radius 3 is 2.76 bits per heavy atom. The van der Waals surface area contributed by atoms with Gasteiger partial charge in [-0.2, -0.15) is 20.1 Å². The van der Waals surface area contributed by atoms with E-state index in [9.17, 15) is 4.79 Å². The van der Waals surface area contributed by atoms with Gasteiger partial charge < -0.3 is 9.64 Å². The molecule has 174 valence electrons. The number of carbonyl (C=O) groups excluding carboxylic acids is 1. The molecule has 0 aliphatic carbocycles. The van der Waals surface area contributed by atoms with Crippen molar-refractivity contribution in [1.82, 2.24) is 40.1 Å². The highest BCUT2D eigenvalue weighted by molar-refractivity contribution is 5.98. The summed E-state index contributed by atoms with van der Waals surface area (Å²) < 4.78 is 5.63. The standard InChI is InChI=1S/C24H26N8O2/c1-4-34-23-17(7-5-9-25-23)21-28-22(30-29-21)19-8-6-12-31(19)24(33)18-13-15(2)16(3)14-20(18)32-26-10-11-27-32/h5,7,9-11,13-14,19H,4,6,8,12H2,1-3H3,(H,28,29,30)/t19-/m0/s1. The van der Waals surface area contributed by atoms with Crippen molar-refractivity contribution < 1.29 is 9.53 Å². The molecule has 34 heavy (non-hydrogen) atoms. The molecule has 0 radical (unpaired) electrons. The molecule has 10 heteroatoms. The van der Waals surface area contributed by atoms with E-state index in [4.69, 9.17) is 9.72 Å². The van der Waals surface area contributed by atoms with Crippen molar-refractivity contribution in [2.75, 3.05) is 13.2 Å². The molecule has 1 N–H and O–H groups in total. The largest absolute Gasteiger partial charge is 0.477 e. The van der Waals surface area contributed by atoms with Crippen LogP contribution in [0.5, 0.6) is 5.88 Å². The minimum absolute atomic E-state index is 0.0766. The number of hydrogen-bond donors (Lipinski definition) is 1. The van der Waals surface area contributed by atoms with Crippen LogP contribution in [0.4, 0.5) is 0 Å². The first-order valence-electron chi connectivity index (χ1n) is 11.4. The fourth-order valence-electron chi connectivity index (χ4n) is 4.28. The number of nitrogens with zero attached hydrogens (tertiary/aromatic N) is 7. The number of H-pyrrole nitrogens is 1. The van der Waals surface area contributed by atoms with Gasteiger partial charge in [-0.05, 0) is 69.0 Å². The Labute approximate surface area is 197 Å². The Balaban J connectivity index is 1.48. The van der Waals surface area contributed by atoms with Crippen molar-refractivity contribution in [3.63, 3.8) is 0 Å². The van der Waals surface area contributed by atoms with Crippen molar-refractivity contribution >= 4 is 5.91 Å². The smallest absolute Gasteiger partial charge is 0.256 e. The molecule has 0 saturated carbocycles. The van der Waals surface area contributed by atoms with Gasteiger partial charge in [-0.3, -0.25) is 9.89 Å². The van der Waals surface area contributed by atoms with Gasteiger partial charge >= 0.3 is 0 Å². The van der Waals surface area contributed by atoms with Crippen LogP contribution in [0.1, 0.15) is 53.1 Å². The van der Waals surface area contributed by atoms with E-state index in [0.29, 0.717) is 47.5 Å². The van der Waals surface area contributed by atoms with E-state index in [2.05, 4.69) is 25.4 Å². The Kier molecular flexibility index (Phi) is 5.79. The summed E-state index contributed by atoms with van der Waals surface area (Å²) in [5.41, 5.74) is 4.06. The van der Waals surface area contributed by atoms with Gasteiger partial charge in [0.15, 0.2) is 5.82 Å². The SMILES string of the molecule is CCOc1ncccc1-c1n[nH]c([C@@H]2CCCN2C(=O)c2cc(C)c(C)cc2-n2nccn2)n1. The number of rotatable bonds is 6. The van der Waals surface area contributed by atoms with Crippen molar-refractivity contribution in [2.45, 2.75) is 39.7 Å². The van der Waals surface area contributed by atoms with Gasteiger partial charge in [-0.1, -0.05) is 0 Å². The third kappa shape index (κ3) is 3.91. The van der Waals surface area contributed by atoms with E-state index in [1.165, 1.54) is 4.80 Å². The van der Waals surface area contributed by atoms with Gasteiger partial charge in [0.1, 0.15) is 5.82 Å². The van der Waals surface area contributed by atoms with Crippen LogP contribution in [-0.4, -0.2) is 59.1 Å². The summed E-state index contributed by atoms with van der Waals surface area (Å²) in [6, 6.07) is 7.37. The summed E-state index contributed by atoms with van der Waals surface area (Å²) >= 11 is 0. The summed E-state index contributed by atoms with van der Waals surface area (Å²) in [6.45, 7) is 7.05. The molecule has 0 spiro atoms. The van der Waals surface area contributed by atoms with E-state index in [1.807, 2.05) is 49.9 Å². The Hall–Kier alpha value is -4.08. The lowest BCUT2D eigenvalue weighted by atomic mass is 10.0. The summed E-state index contributed by atoms with van der Waals surface area (Å²) in [5.74, 6) is 1.56. The van der Waals surface area contributed by atoms with E-state index >= 15 is 0 Å². The van der Waals surface area contributed by atoms with Crippen molar-refractivity contribution in [1.29, 1.82) is 0 Å². The molecule has 1 saturated heterocycles. The maximum absolute atomic E-state index is 13.8. The molecule has 0 bridgehead atoms. The minimum atomic E-state index is -0.207. The topological polar surface area (TPSA) is 115 Å². The van der Waals surface area contributed by atoms with Crippen LogP contribution in [0.25, 0.3) is 17.1 Å². The molecule has 1 atom stereocenters. The first-order chi connectivity index (χ1) is 16.6. The Morgan fingerprint density at radius 2 is 1.97 bits per heavy atom. The first kappa shape index (κ1) is 21.7. The number of pyridine rings is 1. The van der Waals surface area contributed by atoms with Gasteiger partial charge in [0, 0.05) is 12.7 Å². The Morgan fingerprint density at radius 1 is 1.18 bits per heavy atom.